The Morgan fingerprint density at radius 2 is 2.05 bits per heavy atom. The van der Waals surface area contributed by atoms with Crippen LogP contribution < -0.4 is 10.5 Å². The van der Waals surface area contributed by atoms with Crippen LogP contribution in [0.1, 0.15) is 13.8 Å². The topological polar surface area (TPSA) is 81.4 Å². The minimum Gasteiger partial charge on any atom is -0.383 e. The third-order valence-electron chi connectivity index (χ3n) is 2.76. The molecule has 0 aliphatic carbocycles. The summed E-state index contributed by atoms with van der Waals surface area (Å²) in [7, 11) is -2.13. The molecule has 19 heavy (non-hydrogen) atoms. The Kier molecular flexibility index (Phi) is 5.61. The average Bonchev–Trinajstić information content (AvgIpc) is 2.29. The second-order valence-corrected chi connectivity index (χ2v) is 6.61. The molecule has 0 fully saturated rings. The molecular weight excluding hydrogens is 288 g/mol. The second kappa shape index (κ2) is 6.56. The Hall–Kier alpha value is -0.820. The van der Waals surface area contributed by atoms with Gasteiger partial charge >= 0.3 is 0 Å². The van der Waals surface area contributed by atoms with Crippen LogP contribution in [-0.4, -0.2) is 28.2 Å². The summed E-state index contributed by atoms with van der Waals surface area (Å²) in [6.07, 6.45) is 0. The van der Waals surface area contributed by atoms with Crippen LogP contribution in [0.2, 0.25) is 5.02 Å². The largest absolute Gasteiger partial charge is 0.383 e. The summed E-state index contributed by atoms with van der Waals surface area (Å²) < 4.78 is 27.8. The Labute approximate surface area is 119 Å². The fourth-order valence-corrected chi connectivity index (χ4v) is 2.28. The van der Waals surface area contributed by atoms with Gasteiger partial charge in [-0.1, -0.05) is 25.4 Å². The van der Waals surface area contributed by atoms with Crippen LogP contribution in [-0.2, 0) is 14.8 Å². The number of methoxy groups -OCH3 is 1. The van der Waals surface area contributed by atoms with Gasteiger partial charge in [-0.15, -0.1) is 0 Å². The van der Waals surface area contributed by atoms with E-state index in [0.29, 0.717) is 23.2 Å². The first-order valence-electron chi connectivity index (χ1n) is 5.83. The fourth-order valence-electron chi connectivity index (χ4n) is 1.57. The minimum absolute atomic E-state index is 0.0261. The van der Waals surface area contributed by atoms with Crippen molar-refractivity contribution in [2.24, 2.45) is 11.1 Å². The quantitative estimate of drug-likeness (QED) is 0.843. The summed E-state index contributed by atoms with van der Waals surface area (Å²) >= 11 is 6.06. The van der Waals surface area contributed by atoms with E-state index >= 15 is 0 Å². The van der Waals surface area contributed by atoms with Gasteiger partial charge in [-0.05, 0) is 24.1 Å². The summed E-state index contributed by atoms with van der Waals surface area (Å²) in [5, 5.41) is 8.72. The zero-order valence-electron chi connectivity index (χ0n) is 11.2. The zero-order chi connectivity index (χ0) is 14.6. The van der Waals surface area contributed by atoms with Crippen LogP contribution in [0.15, 0.2) is 23.1 Å². The van der Waals surface area contributed by atoms with Gasteiger partial charge in [-0.3, -0.25) is 0 Å². The fraction of sp³-hybridized carbons (Fsp3) is 0.500. The number of primary sulfonamides is 1. The number of rotatable bonds is 6. The molecule has 1 unspecified atom stereocenters. The minimum atomic E-state index is -3.74. The Bertz CT molecular complexity index is 532. The van der Waals surface area contributed by atoms with E-state index in [-0.39, 0.29) is 10.9 Å². The Balaban J connectivity index is 3.05. The van der Waals surface area contributed by atoms with Crippen molar-refractivity contribution in [3.63, 3.8) is 0 Å². The van der Waals surface area contributed by atoms with Gasteiger partial charge in [0.2, 0.25) is 10.0 Å². The molecule has 0 saturated heterocycles. The molecule has 7 heteroatoms. The summed E-state index contributed by atoms with van der Waals surface area (Å²) in [4.78, 5) is 0.0272. The highest BCUT2D eigenvalue weighted by Gasteiger charge is 2.16. The van der Waals surface area contributed by atoms with E-state index in [2.05, 4.69) is 5.32 Å². The second-order valence-electron chi connectivity index (χ2n) is 4.64. The SMILES string of the molecule is COCC(Nc1cc(S(N)(=O)=O)ccc1Cl)C(C)C. The molecule has 108 valence electrons. The predicted octanol–water partition coefficient (Wildman–Crippen LogP) is 2.07. The van der Waals surface area contributed by atoms with Gasteiger partial charge < -0.3 is 10.1 Å². The molecule has 1 aromatic rings. The number of hydrogen-bond acceptors (Lipinski definition) is 4. The van der Waals surface area contributed by atoms with E-state index < -0.39 is 10.0 Å². The van der Waals surface area contributed by atoms with E-state index in [9.17, 15) is 8.42 Å². The van der Waals surface area contributed by atoms with Crippen molar-refractivity contribution in [2.45, 2.75) is 24.8 Å². The molecule has 0 aliphatic rings. The van der Waals surface area contributed by atoms with Crippen LogP contribution in [0.4, 0.5) is 5.69 Å². The lowest BCUT2D eigenvalue weighted by Gasteiger charge is -2.23. The van der Waals surface area contributed by atoms with E-state index in [4.69, 9.17) is 21.5 Å². The van der Waals surface area contributed by atoms with Crippen LogP contribution in [0.5, 0.6) is 0 Å². The van der Waals surface area contributed by atoms with Crippen LogP contribution in [0.3, 0.4) is 0 Å². The summed E-state index contributed by atoms with van der Waals surface area (Å²) in [5.41, 5.74) is 0.531. The van der Waals surface area contributed by atoms with Crippen molar-refractivity contribution in [1.82, 2.24) is 0 Å². The average molecular weight is 307 g/mol. The zero-order valence-corrected chi connectivity index (χ0v) is 12.8. The number of ether oxygens (including phenoxy) is 1. The van der Waals surface area contributed by atoms with Crippen molar-refractivity contribution in [3.05, 3.63) is 23.2 Å². The molecule has 0 aliphatic heterocycles. The van der Waals surface area contributed by atoms with Gasteiger partial charge in [0.15, 0.2) is 0 Å². The first-order valence-corrected chi connectivity index (χ1v) is 7.76. The molecule has 0 saturated carbocycles. The molecule has 1 atom stereocenters. The molecule has 3 N–H and O–H groups in total. The highest BCUT2D eigenvalue weighted by molar-refractivity contribution is 7.89. The number of nitrogens with one attached hydrogen (secondary N) is 1. The molecule has 5 nitrogen and oxygen atoms in total. The number of halogens is 1. The van der Waals surface area contributed by atoms with Gasteiger partial charge in [0.25, 0.3) is 0 Å². The maximum atomic E-state index is 11.3. The maximum Gasteiger partial charge on any atom is 0.238 e. The summed E-state index contributed by atoms with van der Waals surface area (Å²) in [6.45, 7) is 4.57. The smallest absolute Gasteiger partial charge is 0.238 e. The van der Waals surface area contributed by atoms with Crippen molar-refractivity contribution in [1.29, 1.82) is 0 Å². The summed E-state index contributed by atoms with van der Waals surface area (Å²) in [5.74, 6) is 0.300. The lowest BCUT2D eigenvalue weighted by Crippen LogP contribution is -2.30. The highest BCUT2D eigenvalue weighted by atomic mass is 35.5. The predicted molar refractivity (Wildman–Crippen MR) is 76.9 cm³/mol. The van der Waals surface area contributed by atoms with Crippen LogP contribution >= 0.6 is 11.6 Å². The van der Waals surface area contributed by atoms with Crippen molar-refractivity contribution < 1.29 is 13.2 Å². The molecule has 0 spiro atoms. The lowest BCUT2D eigenvalue weighted by molar-refractivity contribution is 0.171. The third kappa shape index (κ3) is 4.65. The number of nitrogens with two attached hydrogens (primary N) is 1. The maximum absolute atomic E-state index is 11.3. The number of benzene rings is 1. The molecule has 0 radical (unpaired) electrons. The Morgan fingerprint density at radius 3 is 2.53 bits per heavy atom. The van der Waals surface area contributed by atoms with E-state index in [1.165, 1.54) is 18.2 Å². The monoisotopic (exact) mass is 306 g/mol. The standard InChI is InChI=1S/C12H19ClN2O3S/c1-8(2)12(7-18-3)15-11-6-9(19(14,16)17)4-5-10(11)13/h4-6,8,12,15H,7H2,1-3H3,(H2,14,16,17). The van der Waals surface area contributed by atoms with Gasteiger partial charge in [0, 0.05) is 7.11 Å². The number of anilines is 1. The van der Waals surface area contributed by atoms with E-state index in [0.717, 1.165) is 0 Å². The molecule has 0 bridgehead atoms. The first kappa shape index (κ1) is 16.2. The molecule has 1 aromatic carbocycles. The number of hydrogen-bond donors (Lipinski definition) is 2. The van der Waals surface area contributed by atoms with E-state index in [1.54, 1.807) is 7.11 Å². The lowest BCUT2D eigenvalue weighted by atomic mass is 10.1. The van der Waals surface area contributed by atoms with Crippen molar-refractivity contribution in [2.75, 3.05) is 19.0 Å². The third-order valence-corrected chi connectivity index (χ3v) is 4.00. The van der Waals surface area contributed by atoms with Gasteiger partial charge in [-0.2, -0.15) is 0 Å². The molecule has 1 rings (SSSR count). The van der Waals surface area contributed by atoms with Crippen molar-refractivity contribution >= 4 is 27.3 Å². The first-order chi connectivity index (χ1) is 8.75. The van der Waals surface area contributed by atoms with Gasteiger partial charge in [0.1, 0.15) is 0 Å². The van der Waals surface area contributed by atoms with Crippen LogP contribution in [0, 0.1) is 5.92 Å². The Morgan fingerprint density at radius 1 is 1.42 bits per heavy atom. The van der Waals surface area contributed by atoms with Gasteiger partial charge in [-0.25, -0.2) is 13.6 Å². The highest BCUT2D eigenvalue weighted by Crippen LogP contribution is 2.26. The molecule has 0 aromatic heterocycles. The molecular formula is C12H19ClN2O3S. The van der Waals surface area contributed by atoms with Crippen LogP contribution in [0.25, 0.3) is 0 Å². The van der Waals surface area contributed by atoms with Gasteiger partial charge in [0.05, 0.1) is 28.3 Å². The summed E-state index contributed by atoms with van der Waals surface area (Å²) in [6, 6.07) is 4.35. The van der Waals surface area contributed by atoms with E-state index in [1.807, 2.05) is 13.8 Å². The normalized spacial score (nSPS) is 13.6. The van der Waals surface area contributed by atoms with Crippen molar-refractivity contribution in [3.8, 4) is 0 Å². The molecule has 0 heterocycles. The number of sulfonamides is 1. The molecule has 0 amide bonds.